The van der Waals surface area contributed by atoms with E-state index in [0.717, 1.165) is 12.0 Å². The highest BCUT2D eigenvalue weighted by Crippen LogP contribution is 2.23. The third kappa shape index (κ3) is 4.58. The van der Waals surface area contributed by atoms with Gasteiger partial charge in [0.2, 0.25) is 0 Å². The van der Waals surface area contributed by atoms with E-state index < -0.39 is 5.60 Å². The summed E-state index contributed by atoms with van der Waals surface area (Å²) >= 11 is 0. The molecule has 1 aromatic rings. The Hall–Kier alpha value is -2.30. The molecule has 5 heteroatoms. The summed E-state index contributed by atoms with van der Waals surface area (Å²) in [5, 5.41) is 2.61. The summed E-state index contributed by atoms with van der Waals surface area (Å²) in [6.07, 6.45) is 2.55. The maximum Gasteiger partial charge on any atom is 0.410 e. The molecule has 0 saturated carbocycles. The third-order valence-corrected chi connectivity index (χ3v) is 3.61. The van der Waals surface area contributed by atoms with Gasteiger partial charge in [0.25, 0.3) is 5.91 Å². The van der Waals surface area contributed by atoms with Crippen molar-refractivity contribution < 1.29 is 14.3 Å². The Morgan fingerprint density at radius 3 is 2.30 bits per heavy atom. The SMILES string of the molecule is CNC(=O)c1ccc(C2=CCN(C(=O)OC(C)(C)C)CC2)cc1. The van der Waals surface area contributed by atoms with E-state index in [-0.39, 0.29) is 12.0 Å². The van der Waals surface area contributed by atoms with Gasteiger partial charge in [-0.25, -0.2) is 4.79 Å². The van der Waals surface area contributed by atoms with Crippen molar-refractivity contribution in [1.29, 1.82) is 0 Å². The lowest BCUT2D eigenvalue weighted by atomic mass is 9.98. The average molecular weight is 316 g/mol. The lowest BCUT2D eigenvalue weighted by Crippen LogP contribution is -2.39. The number of amides is 2. The van der Waals surface area contributed by atoms with E-state index in [9.17, 15) is 9.59 Å². The van der Waals surface area contributed by atoms with E-state index in [1.54, 1.807) is 11.9 Å². The van der Waals surface area contributed by atoms with Gasteiger partial charge in [-0.2, -0.15) is 0 Å². The molecule has 0 fully saturated rings. The second-order valence-corrected chi connectivity index (χ2v) is 6.56. The summed E-state index contributed by atoms with van der Waals surface area (Å²) in [5.41, 5.74) is 2.44. The van der Waals surface area contributed by atoms with Gasteiger partial charge in [-0.05, 0) is 50.5 Å². The maximum atomic E-state index is 12.0. The Labute approximate surface area is 137 Å². The van der Waals surface area contributed by atoms with E-state index in [1.807, 2.05) is 51.1 Å². The van der Waals surface area contributed by atoms with Crippen molar-refractivity contribution in [2.45, 2.75) is 32.8 Å². The number of nitrogens with one attached hydrogen (secondary N) is 1. The highest BCUT2D eigenvalue weighted by Gasteiger charge is 2.23. The van der Waals surface area contributed by atoms with Crippen LogP contribution in [-0.2, 0) is 4.74 Å². The predicted octanol–water partition coefficient (Wildman–Crippen LogP) is 3.07. The minimum absolute atomic E-state index is 0.0923. The van der Waals surface area contributed by atoms with Gasteiger partial charge in [-0.15, -0.1) is 0 Å². The fraction of sp³-hybridized carbons (Fsp3) is 0.444. The molecule has 23 heavy (non-hydrogen) atoms. The van der Waals surface area contributed by atoms with Crippen LogP contribution in [0.5, 0.6) is 0 Å². The van der Waals surface area contributed by atoms with Gasteiger partial charge in [0.1, 0.15) is 5.60 Å². The summed E-state index contributed by atoms with van der Waals surface area (Å²) in [6, 6.07) is 7.52. The van der Waals surface area contributed by atoms with Crippen LogP contribution in [0, 0.1) is 0 Å². The first-order chi connectivity index (χ1) is 10.8. The number of carbonyl (C=O) groups excluding carboxylic acids is 2. The van der Waals surface area contributed by atoms with Crippen molar-refractivity contribution in [1.82, 2.24) is 10.2 Å². The minimum Gasteiger partial charge on any atom is -0.444 e. The molecule has 0 atom stereocenters. The van der Waals surface area contributed by atoms with Crippen molar-refractivity contribution in [2.24, 2.45) is 0 Å². The second-order valence-electron chi connectivity index (χ2n) is 6.56. The van der Waals surface area contributed by atoms with Crippen molar-refractivity contribution in [3.63, 3.8) is 0 Å². The van der Waals surface area contributed by atoms with E-state index in [4.69, 9.17) is 4.74 Å². The van der Waals surface area contributed by atoms with E-state index in [0.29, 0.717) is 18.7 Å². The standard InChI is InChI=1S/C18H24N2O3/c1-18(2,3)23-17(22)20-11-9-14(10-12-20)13-5-7-15(8-6-13)16(21)19-4/h5-9H,10-12H2,1-4H3,(H,19,21). The summed E-state index contributed by atoms with van der Waals surface area (Å²) in [4.78, 5) is 25.3. The summed E-state index contributed by atoms with van der Waals surface area (Å²) in [5.74, 6) is -0.0923. The molecule has 1 aliphatic heterocycles. The Kier molecular flexibility index (Phi) is 5.08. The fourth-order valence-electron chi connectivity index (χ4n) is 2.40. The molecular formula is C18H24N2O3. The van der Waals surface area contributed by atoms with Gasteiger partial charge in [0.05, 0.1) is 0 Å². The Morgan fingerprint density at radius 2 is 1.83 bits per heavy atom. The first-order valence-electron chi connectivity index (χ1n) is 7.79. The average Bonchev–Trinajstić information content (AvgIpc) is 2.53. The minimum atomic E-state index is -0.475. The zero-order chi connectivity index (χ0) is 17.0. The molecular weight excluding hydrogens is 292 g/mol. The molecule has 1 aromatic carbocycles. The van der Waals surface area contributed by atoms with Crippen LogP contribution in [0.15, 0.2) is 30.3 Å². The van der Waals surface area contributed by atoms with Gasteiger partial charge < -0.3 is 15.0 Å². The number of carbonyl (C=O) groups is 2. The number of rotatable bonds is 2. The normalized spacial score (nSPS) is 15.0. The molecule has 0 bridgehead atoms. The van der Waals surface area contributed by atoms with Gasteiger partial charge in [0.15, 0.2) is 0 Å². The third-order valence-electron chi connectivity index (χ3n) is 3.61. The van der Waals surface area contributed by atoms with Crippen molar-refractivity contribution in [3.05, 3.63) is 41.5 Å². The van der Waals surface area contributed by atoms with Gasteiger partial charge in [-0.3, -0.25) is 4.79 Å². The molecule has 0 aromatic heterocycles. The van der Waals surface area contributed by atoms with Crippen LogP contribution in [0.1, 0.15) is 43.1 Å². The molecule has 0 saturated heterocycles. The highest BCUT2D eigenvalue weighted by atomic mass is 16.6. The van der Waals surface area contributed by atoms with Crippen LogP contribution >= 0.6 is 0 Å². The number of nitrogens with zero attached hydrogens (tertiary/aromatic N) is 1. The quantitative estimate of drug-likeness (QED) is 0.912. The molecule has 5 nitrogen and oxygen atoms in total. The van der Waals surface area contributed by atoms with Crippen LogP contribution in [0.2, 0.25) is 0 Å². The maximum absolute atomic E-state index is 12.0. The molecule has 124 valence electrons. The van der Waals surface area contributed by atoms with Crippen LogP contribution in [-0.4, -0.2) is 42.6 Å². The molecule has 0 unspecified atom stereocenters. The van der Waals surface area contributed by atoms with Crippen LogP contribution in [0.25, 0.3) is 5.57 Å². The van der Waals surface area contributed by atoms with E-state index >= 15 is 0 Å². The first kappa shape index (κ1) is 17.1. The lowest BCUT2D eigenvalue weighted by Gasteiger charge is -2.29. The molecule has 2 amide bonds. The largest absolute Gasteiger partial charge is 0.444 e. The second kappa shape index (κ2) is 6.86. The Balaban J connectivity index is 2.01. The number of ether oxygens (including phenoxy) is 1. The van der Waals surface area contributed by atoms with Gasteiger partial charge in [0, 0.05) is 25.7 Å². The van der Waals surface area contributed by atoms with Crippen LogP contribution in [0.4, 0.5) is 4.79 Å². The molecule has 0 aliphatic carbocycles. The molecule has 1 aliphatic rings. The summed E-state index contributed by atoms with van der Waals surface area (Å²) in [6.45, 7) is 6.78. The molecule has 0 radical (unpaired) electrons. The predicted molar refractivity (Wildman–Crippen MR) is 90.2 cm³/mol. The van der Waals surface area contributed by atoms with E-state index in [1.165, 1.54) is 5.57 Å². The molecule has 1 heterocycles. The van der Waals surface area contributed by atoms with Crippen LogP contribution in [0.3, 0.4) is 0 Å². The topological polar surface area (TPSA) is 58.6 Å². The summed E-state index contributed by atoms with van der Waals surface area (Å²) in [7, 11) is 1.62. The molecule has 2 rings (SSSR count). The number of hydrogen-bond donors (Lipinski definition) is 1. The van der Waals surface area contributed by atoms with Gasteiger partial charge in [-0.1, -0.05) is 18.2 Å². The monoisotopic (exact) mass is 316 g/mol. The smallest absolute Gasteiger partial charge is 0.410 e. The fourth-order valence-corrected chi connectivity index (χ4v) is 2.40. The number of hydrogen-bond acceptors (Lipinski definition) is 3. The Morgan fingerprint density at radius 1 is 1.17 bits per heavy atom. The van der Waals surface area contributed by atoms with E-state index in [2.05, 4.69) is 5.32 Å². The first-order valence-corrected chi connectivity index (χ1v) is 7.79. The molecule has 1 N–H and O–H groups in total. The highest BCUT2D eigenvalue weighted by molar-refractivity contribution is 5.94. The number of benzene rings is 1. The summed E-state index contributed by atoms with van der Waals surface area (Å²) < 4.78 is 5.39. The zero-order valence-corrected chi connectivity index (χ0v) is 14.2. The van der Waals surface area contributed by atoms with Crippen molar-refractivity contribution in [3.8, 4) is 0 Å². The van der Waals surface area contributed by atoms with Crippen molar-refractivity contribution in [2.75, 3.05) is 20.1 Å². The van der Waals surface area contributed by atoms with Gasteiger partial charge >= 0.3 is 6.09 Å². The van der Waals surface area contributed by atoms with Crippen molar-refractivity contribution >= 4 is 17.6 Å². The lowest BCUT2D eigenvalue weighted by molar-refractivity contribution is 0.0270. The molecule has 0 spiro atoms. The zero-order valence-electron chi connectivity index (χ0n) is 14.2. The van der Waals surface area contributed by atoms with Crippen LogP contribution < -0.4 is 5.32 Å². The Bertz CT molecular complexity index is 612.